The number of hydrogen-bond acceptors (Lipinski definition) is 4. The normalized spacial score (nSPS) is 14.6. The number of para-hydroxylation sites is 1. The minimum absolute atomic E-state index is 0.313. The third kappa shape index (κ3) is 3.15. The molecule has 1 aromatic carbocycles. The zero-order valence-electron chi connectivity index (χ0n) is 11.1. The Balaban J connectivity index is 1.65. The molecule has 0 bridgehead atoms. The Kier molecular flexibility index (Phi) is 3.51. The van der Waals surface area contributed by atoms with Crippen molar-refractivity contribution in [1.29, 1.82) is 0 Å². The van der Waals surface area contributed by atoms with Crippen molar-refractivity contribution in [2.75, 3.05) is 0 Å². The topological polar surface area (TPSA) is 47.3 Å². The summed E-state index contributed by atoms with van der Waals surface area (Å²) in [5.74, 6) is 0.813. The van der Waals surface area contributed by atoms with Gasteiger partial charge in [-0.05, 0) is 30.9 Å². The monoisotopic (exact) mass is 258 g/mol. The summed E-state index contributed by atoms with van der Waals surface area (Å²) >= 11 is 0. The zero-order valence-corrected chi connectivity index (χ0v) is 11.1. The van der Waals surface area contributed by atoms with E-state index in [1.807, 2.05) is 24.3 Å². The molecule has 1 aromatic heterocycles. The minimum Gasteiger partial charge on any atom is -0.417 e. The number of oxazole rings is 1. The number of aromatic nitrogens is 1. The second-order valence-corrected chi connectivity index (χ2v) is 4.82. The van der Waals surface area contributed by atoms with Crippen molar-refractivity contribution >= 4 is 0 Å². The molecule has 2 aromatic rings. The van der Waals surface area contributed by atoms with E-state index < -0.39 is 0 Å². The summed E-state index contributed by atoms with van der Waals surface area (Å²) < 4.78 is 11.0. The van der Waals surface area contributed by atoms with Crippen molar-refractivity contribution in [3.8, 4) is 11.8 Å². The predicted octanol–water partition coefficient (Wildman–Crippen LogP) is 3.28. The van der Waals surface area contributed by atoms with Crippen LogP contribution in [0.2, 0.25) is 0 Å². The summed E-state index contributed by atoms with van der Waals surface area (Å²) in [4.78, 5) is 4.33. The van der Waals surface area contributed by atoms with Crippen LogP contribution in [0, 0.1) is 0 Å². The highest BCUT2D eigenvalue weighted by Crippen LogP contribution is 2.25. The van der Waals surface area contributed by atoms with Crippen LogP contribution in [0.1, 0.15) is 31.0 Å². The van der Waals surface area contributed by atoms with E-state index >= 15 is 0 Å². The average molecular weight is 258 g/mol. The highest BCUT2D eigenvalue weighted by Gasteiger charge is 2.20. The highest BCUT2D eigenvalue weighted by atomic mass is 16.6. The van der Waals surface area contributed by atoms with Crippen molar-refractivity contribution < 1.29 is 9.15 Å². The lowest BCUT2D eigenvalue weighted by molar-refractivity contribution is 0.328. The molecular formula is C15H18N2O2. The molecular weight excluding hydrogens is 240 g/mol. The first-order valence-corrected chi connectivity index (χ1v) is 6.78. The first kappa shape index (κ1) is 12.2. The van der Waals surface area contributed by atoms with E-state index in [-0.39, 0.29) is 0 Å². The van der Waals surface area contributed by atoms with Crippen LogP contribution >= 0.6 is 0 Å². The van der Waals surface area contributed by atoms with Crippen molar-refractivity contribution in [1.82, 2.24) is 10.3 Å². The van der Waals surface area contributed by atoms with E-state index in [2.05, 4.69) is 17.2 Å². The van der Waals surface area contributed by atoms with Gasteiger partial charge in [-0.15, -0.1) is 0 Å². The van der Waals surface area contributed by atoms with Crippen LogP contribution in [0.15, 0.2) is 34.9 Å². The quantitative estimate of drug-likeness (QED) is 0.863. The maximum Gasteiger partial charge on any atom is 0.399 e. The fraction of sp³-hybridized carbons (Fsp3) is 0.400. The van der Waals surface area contributed by atoms with Crippen LogP contribution in [0.4, 0.5) is 0 Å². The SMILES string of the molecule is CCc1ccccc1Oc1nc(CNC2CC2)co1. The lowest BCUT2D eigenvalue weighted by atomic mass is 10.1. The summed E-state index contributed by atoms with van der Waals surface area (Å²) in [6, 6.07) is 8.61. The summed E-state index contributed by atoms with van der Waals surface area (Å²) in [6.45, 7) is 2.84. The van der Waals surface area contributed by atoms with E-state index in [0.29, 0.717) is 12.1 Å². The molecule has 0 unspecified atom stereocenters. The van der Waals surface area contributed by atoms with E-state index in [0.717, 1.165) is 30.0 Å². The Labute approximate surface area is 112 Å². The molecule has 1 aliphatic carbocycles. The molecule has 1 aliphatic rings. The molecule has 0 radical (unpaired) electrons. The van der Waals surface area contributed by atoms with Crippen LogP contribution in [-0.4, -0.2) is 11.0 Å². The van der Waals surface area contributed by atoms with Crippen LogP contribution in [0.25, 0.3) is 0 Å². The number of benzene rings is 1. The molecule has 0 spiro atoms. The van der Waals surface area contributed by atoms with E-state index in [4.69, 9.17) is 9.15 Å². The number of aryl methyl sites for hydroxylation is 1. The van der Waals surface area contributed by atoms with Gasteiger partial charge in [0.05, 0.1) is 5.69 Å². The molecule has 1 heterocycles. The van der Waals surface area contributed by atoms with Crippen molar-refractivity contribution in [2.24, 2.45) is 0 Å². The van der Waals surface area contributed by atoms with Gasteiger partial charge in [-0.3, -0.25) is 0 Å². The minimum atomic E-state index is 0.313. The summed E-state index contributed by atoms with van der Waals surface area (Å²) in [6.07, 6.45) is 5.43. The number of ether oxygens (including phenoxy) is 1. The number of nitrogens with one attached hydrogen (secondary N) is 1. The molecule has 1 N–H and O–H groups in total. The Hall–Kier alpha value is -1.81. The fourth-order valence-corrected chi connectivity index (χ4v) is 1.94. The van der Waals surface area contributed by atoms with Gasteiger partial charge in [-0.2, -0.15) is 4.98 Å². The molecule has 3 rings (SSSR count). The van der Waals surface area contributed by atoms with Crippen molar-refractivity contribution in [3.63, 3.8) is 0 Å². The molecule has 100 valence electrons. The standard InChI is InChI=1S/C15H18N2O2/c1-2-11-5-3-4-6-14(11)19-15-17-13(10-18-15)9-16-12-7-8-12/h3-6,10,12,16H,2,7-9H2,1H3. The van der Waals surface area contributed by atoms with Crippen LogP contribution in [0.3, 0.4) is 0 Å². The maximum atomic E-state index is 5.70. The summed E-state index contributed by atoms with van der Waals surface area (Å²) in [5.41, 5.74) is 2.04. The van der Waals surface area contributed by atoms with Crippen molar-refractivity contribution in [2.45, 2.75) is 38.8 Å². The second-order valence-electron chi connectivity index (χ2n) is 4.82. The van der Waals surface area contributed by atoms with Gasteiger partial charge in [0.1, 0.15) is 12.0 Å². The molecule has 0 saturated heterocycles. The van der Waals surface area contributed by atoms with Gasteiger partial charge in [0, 0.05) is 12.6 Å². The second kappa shape index (κ2) is 5.45. The maximum absolute atomic E-state index is 5.70. The number of hydrogen-bond donors (Lipinski definition) is 1. The molecule has 0 atom stereocenters. The third-order valence-electron chi connectivity index (χ3n) is 3.23. The van der Waals surface area contributed by atoms with Gasteiger partial charge in [0.15, 0.2) is 0 Å². The molecule has 1 fully saturated rings. The lowest BCUT2D eigenvalue weighted by Crippen LogP contribution is -2.15. The van der Waals surface area contributed by atoms with E-state index in [1.165, 1.54) is 12.8 Å². The molecule has 0 amide bonds. The first-order chi connectivity index (χ1) is 9.35. The molecule has 0 aliphatic heterocycles. The Morgan fingerprint density at radius 2 is 2.21 bits per heavy atom. The van der Waals surface area contributed by atoms with Crippen molar-refractivity contribution in [3.05, 3.63) is 41.8 Å². The van der Waals surface area contributed by atoms with Gasteiger partial charge in [-0.25, -0.2) is 0 Å². The van der Waals surface area contributed by atoms with Gasteiger partial charge in [0.2, 0.25) is 0 Å². The zero-order chi connectivity index (χ0) is 13.1. The van der Waals surface area contributed by atoms with Crippen LogP contribution < -0.4 is 10.1 Å². The van der Waals surface area contributed by atoms with Crippen LogP contribution in [-0.2, 0) is 13.0 Å². The summed E-state index contributed by atoms with van der Waals surface area (Å²) in [5, 5.41) is 3.39. The predicted molar refractivity (Wildman–Crippen MR) is 72.3 cm³/mol. The Morgan fingerprint density at radius 1 is 1.37 bits per heavy atom. The Morgan fingerprint density at radius 3 is 3.00 bits per heavy atom. The average Bonchev–Trinajstić information content (AvgIpc) is 3.17. The number of nitrogens with zero attached hydrogens (tertiary/aromatic N) is 1. The molecule has 4 heteroatoms. The third-order valence-corrected chi connectivity index (χ3v) is 3.23. The van der Waals surface area contributed by atoms with Gasteiger partial charge < -0.3 is 14.5 Å². The van der Waals surface area contributed by atoms with Crippen LogP contribution in [0.5, 0.6) is 11.8 Å². The van der Waals surface area contributed by atoms with Gasteiger partial charge in [-0.1, -0.05) is 25.1 Å². The molecule has 4 nitrogen and oxygen atoms in total. The lowest BCUT2D eigenvalue weighted by Gasteiger charge is -2.05. The smallest absolute Gasteiger partial charge is 0.399 e. The Bertz CT molecular complexity index is 547. The van der Waals surface area contributed by atoms with E-state index in [1.54, 1.807) is 6.26 Å². The molecule has 1 saturated carbocycles. The number of rotatable bonds is 6. The molecule has 19 heavy (non-hydrogen) atoms. The fourth-order valence-electron chi connectivity index (χ4n) is 1.94. The van der Waals surface area contributed by atoms with Gasteiger partial charge >= 0.3 is 6.08 Å². The highest BCUT2D eigenvalue weighted by molar-refractivity contribution is 5.34. The largest absolute Gasteiger partial charge is 0.417 e. The summed E-state index contributed by atoms with van der Waals surface area (Å²) in [7, 11) is 0. The van der Waals surface area contributed by atoms with E-state index in [9.17, 15) is 0 Å². The first-order valence-electron chi connectivity index (χ1n) is 6.78. The van der Waals surface area contributed by atoms with Gasteiger partial charge in [0.25, 0.3) is 0 Å².